The molecule has 0 aromatic carbocycles. The lowest BCUT2D eigenvalue weighted by Crippen LogP contribution is -2.32. The predicted molar refractivity (Wildman–Crippen MR) is 63.9 cm³/mol. The quantitative estimate of drug-likeness (QED) is 0.848. The van der Waals surface area contributed by atoms with Crippen LogP contribution in [0, 0.1) is 5.92 Å². The van der Waals surface area contributed by atoms with E-state index in [-0.39, 0.29) is 11.1 Å². The van der Waals surface area contributed by atoms with E-state index in [1.165, 1.54) is 31.5 Å². The first-order chi connectivity index (χ1) is 7.66. The topological polar surface area (TPSA) is 42.0 Å². The molecule has 1 aliphatic carbocycles. The van der Waals surface area contributed by atoms with Gasteiger partial charge in [-0.05, 0) is 24.8 Å². The van der Waals surface area contributed by atoms with Crippen LogP contribution in [0.15, 0.2) is 12.3 Å². The van der Waals surface area contributed by atoms with Crippen molar-refractivity contribution in [2.75, 3.05) is 6.54 Å². The Balaban J connectivity index is 1.99. The van der Waals surface area contributed by atoms with Crippen molar-refractivity contribution in [3.63, 3.8) is 0 Å². The molecule has 3 nitrogen and oxygen atoms in total. The maximum Gasteiger partial charge on any atom is 0.252 e. The number of hydrogen-bond acceptors (Lipinski definition) is 2. The molecule has 0 unspecified atom stereocenters. The van der Waals surface area contributed by atoms with E-state index in [1.54, 1.807) is 0 Å². The molecule has 1 aliphatic rings. The Morgan fingerprint density at radius 2 is 2.25 bits per heavy atom. The molecule has 1 heterocycles. The molecule has 0 spiro atoms. The van der Waals surface area contributed by atoms with E-state index in [4.69, 9.17) is 23.2 Å². The number of hydrogen-bond donors (Lipinski definition) is 1. The Morgan fingerprint density at radius 3 is 2.88 bits per heavy atom. The van der Waals surface area contributed by atoms with Crippen molar-refractivity contribution in [1.29, 1.82) is 0 Å². The molecular formula is C11H12Cl2N2O. The molecule has 1 aromatic rings. The van der Waals surface area contributed by atoms with Gasteiger partial charge in [0.1, 0.15) is 5.15 Å². The van der Waals surface area contributed by atoms with Crippen molar-refractivity contribution in [2.24, 2.45) is 5.92 Å². The Kier molecular flexibility index (Phi) is 3.66. The van der Waals surface area contributed by atoms with Crippen molar-refractivity contribution in [2.45, 2.75) is 19.3 Å². The number of amides is 1. The van der Waals surface area contributed by atoms with Crippen LogP contribution < -0.4 is 5.32 Å². The number of carbonyl (C=O) groups is 1. The van der Waals surface area contributed by atoms with Crippen LogP contribution in [-0.4, -0.2) is 17.4 Å². The van der Waals surface area contributed by atoms with Gasteiger partial charge in [-0.2, -0.15) is 0 Å². The highest BCUT2D eigenvalue weighted by Crippen LogP contribution is 2.25. The van der Waals surface area contributed by atoms with E-state index in [2.05, 4.69) is 10.3 Å². The van der Waals surface area contributed by atoms with E-state index >= 15 is 0 Å². The van der Waals surface area contributed by atoms with Crippen LogP contribution in [0.1, 0.15) is 29.6 Å². The third-order valence-electron chi connectivity index (χ3n) is 2.84. The molecule has 2 rings (SSSR count). The summed E-state index contributed by atoms with van der Waals surface area (Å²) in [7, 11) is 0. The highest BCUT2D eigenvalue weighted by atomic mass is 35.5. The maximum atomic E-state index is 11.8. The Labute approximate surface area is 104 Å². The molecule has 0 saturated heterocycles. The standard InChI is InChI=1S/C11H12Cl2N2O/c12-9-6-14-10(13)4-8(9)11(16)15-5-7-2-1-3-7/h4,6-7H,1-3,5H2,(H,15,16). The zero-order valence-corrected chi connectivity index (χ0v) is 10.2. The van der Waals surface area contributed by atoms with Gasteiger partial charge in [-0.1, -0.05) is 29.6 Å². The molecule has 1 amide bonds. The zero-order chi connectivity index (χ0) is 11.5. The SMILES string of the molecule is O=C(NCC1CCC1)c1cc(Cl)ncc1Cl. The smallest absolute Gasteiger partial charge is 0.252 e. The first-order valence-corrected chi connectivity index (χ1v) is 6.01. The van der Waals surface area contributed by atoms with Crippen LogP contribution in [0.4, 0.5) is 0 Å². The summed E-state index contributed by atoms with van der Waals surface area (Å²) in [6.07, 6.45) is 5.06. The van der Waals surface area contributed by atoms with Crippen molar-refractivity contribution < 1.29 is 4.79 Å². The first-order valence-electron chi connectivity index (χ1n) is 5.26. The van der Waals surface area contributed by atoms with Gasteiger partial charge in [-0.15, -0.1) is 0 Å². The van der Waals surface area contributed by atoms with Gasteiger partial charge in [0.2, 0.25) is 0 Å². The zero-order valence-electron chi connectivity index (χ0n) is 8.67. The van der Waals surface area contributed by atoms with Crippen LogP contribution in [-0.2, 0) is 0 Å². The maximum absolute atomic E-state index is 11.8. The van der Waals surface area contributed by atoms with Crippen molar-refractivity contribution in [1.82, 2.24) is 10.3 Å². The summed E-state index contributed by atoms with van der Waals surface area (Å²) in [5.74, 6) is 0.446. The molecule has 1 N–H and O–H groups in total. The van der Waals surface area contributed by atoms with E-state index < -0.39 is 0 Å². The molecule has 1 fully saturated rings. The molecule has 5 heteroatoms. The number of aromatic nitrogens is 1. The normalized spacial score (nSPS) is 15.6. The second-order valence-corrected chi connectivity index (χ2v) is 4.79. The Morgan fingerprint density at radius 1 is 1.50 bits per heavy atom. The van der Waals surface area contributed by atoms with Crippen LogP contribution >= 0.6 is 23.2 Å². The van der Waals surface area contributed by atoms with E-state index in [1.807, 2.05) is 0 Å². The fourth-order valence-electron chi connectivity index (χ4n) is 1.62. The lowest BCUT2D eigenvalue weighted by atomic mass is 9.85. The van der Waals surface area contributed by atoms with E-state index in [9.17, 15) is 4.79 Å². The highest BCUT2D eigenvalue weighted by Gasteiger charge is 2.19. The third kappa shape index (κ3) is 2.66. The van der Waals surface area contributed by atoms with Gasteiger partial charge >= 0.3 is 0 Å². The van der Waals surface area contributed by atoms with Gasteiger partial charge in [-0.3, -0.25) is 4.79 Å². The largest absolute Gasteiger partial charge is 0.352 e. The molecule has 0 radical (unpaired) electrons. The fraction of sp³-hybridized carbons (Fsp3) is 0.455. The number of carbonyl (C=O) groups excluding carboxylic acids is 1. The van der Waals surface area contributed by atoms with Gasteiger partial charge < -0.3 is 5.32 Å². The first kappa shape index (κ1) is 11.7. The summed E-state index contributed by atoms with van der Waals surface area (Å²) in [6, 6.07) is 1.49. The molecule has 1 saturated carbocycles. The molecule has 0 atom stereocenters. The number of halogens is 2. The average molecular weight is 259 g/mol. The Bertz CT molecular complexity index is 405. The summed E-state index contributed by atoms with van der Waals surface area (Å²) in [5, 5.41) is 3.46. The van der Waals surface area contributed by atoms with Gasteiger partial charge in [-0.25, -0.2) is 4.98 Å². The van der Waals surface area contributed by atoms with Gasteiger partial charge in [0.05, 0.1) is 10.6 Å². The van der Waals surface area contributed by atoms with Crippen molar-refractivity contribution >= 4 is 29.1 Å². The molecule has 0 bridgehead atoms. The highest BCUT2D eigenvalue weighted by molar-refractivity contribution is 6.35. The molecule has 0 aliphatic heterocycles. The van der Waals surface area contributed by atoms with Crippen molar-refractivity contribution in [3.05, 3.63) is 28.0 Å². The molecular weight excluding hydrogens is 247 g/mol. The van der Waals surface area contributed by atoms with Crippen LogP contribution in [0.3, 0.4) is 0 Å². The Hall–Kier alpha value is -0.800. The minimum atomic E-state index is -0.179. The average Bonchev–Trinajstić information content (AvgIpc) is 2.19. The van der Waals surface area contributed by atoms with Gasteiger partial charge in [0.15, 0.2) is 0 Å². The number of rotatable bonds is 3. The van der Waals surface area contributed by atoms with Crippen LogP contribution in [0.25, 0.3) is 0 Å². The predicted octanol–water partition coefficient (Wildman–Crippen LogP) is 2.92. The van der Waals surface area contributed by atoms with Gasteiger partial charge in [0, 0.05) is 12.7 Å². The fourth-order valence-corrected chi connectivity index (χ4v) is 1.96. The van der Waals surface area contributed by atoms with Crippen LogP contribution in [0.5, 0.6) is 0 Å². The minimum Gasteiger partial charge on any atom is -0.352 e. The van der Waals surface area contributed by atoms with E-state index in [0.29, 0.717) is 16.5 Å². The number of nitrogens with one attached hydrogen (secondary N) is 1. The summed E-state index contributed by atoms with van der Waals surface area (Å²) >= 11 is 11.6. The summed E-state index contributed by atoms with van der Waals surface area (Å²) in [6.45, 7) is 0.717. The second-order valence-electron chi connectivity index (χ2n) is 3.99. The molecule has 16 heavy (non-hydrogen) atoms. The summed E-state index contributed by atoms with van der Waals surface area (Å²) < 4.78 is 0. The number of nitrogens with zero attached hydrogens (tertiary/aromatic N) is 1. The third-order valence-corrected chi connectivity index (χ3v) is 3.35. The molecule has 86 valence electrons. The van der Waals surface area contributed by atoms with Crippen LogP contribution in [0.2, 0.25) is 10.2 Å². The lowest BCUT2D eigenvalue weighted by molar-refractivity contribution is 0.0939. The van der Waals surface area contributed by atoms with E-state index in [0.717, 1.165) is 6.54 Å². The second kappa shape index (κ2) is 5.02. The number of pyridine rings is 1. The molecule has 1 aromatic heterocycles. The lowest BCUT2D eigenvalue weighted by Gasteiger charge is -2.25. The van der Waals surface area contributed by atoms with Crippen molar-refractivity contribution in [3.8, 4) is 0 Å². The summed E-state index contributed by atoms with van der Waals surface area (Å²) in [5.41, 5.74) is 0.390. The van der Waals surface area contributed by atoms with Gasteiger partial charge in [0.25, 0.3) is 5.91 Å². The minimum absolute atomic E-state index is 0.179. The summed E-state index contributed by atoms with van der Waals surface area (Å²) in [4.78, 5) is 15.6. The monoisotopic (exact) mass is 258 g/mol.